The first kappa shape index (κ1) is 18.4. The quantitative estimate of drug-likeness (QED) is 0.630. The molecule has 0 radical (unpaired) electrons. The molecule has 2 aromatic carbocycles. The Bertz CT molecular complexity index is 968. The standard InChI is InChI=1S/C21H20F2N2O3/c1-26-18-8-7-14(12-19(18)28-20-6-3-11-27-20)17-9-10-25(24-17)13-15-4-2-5-16(22)21(15)23/h2,4-5,7-10,12,20H,3,6,11,13H2,1H3/t20-/m1/s1. The van der Waals surface area contributed by atoms with Gasteiger partial charge in [0.15, 0.2) is 29.4 Å². The van der Waals surface area contributed by atoms with E-state index in [1.54, 1.807) is 24.1 Å². The summed E-state index contributed by atoms with van der Waals surface area (Å²) in [6, 6.07) is 11.5. The number of rotatable bonds is 6. The van der Waals surface area contributed by atoms with Gasteiger partial charge in [-0.3, -0.25) is 4.68 Å². The highest BCUT2D eigenvalue weighted by atomic mass is 19.2. The molecule has 4 rings (SSSR count). The number of hydrogen-bond acceptors (Lipinski definition) is 4. The van der Waals surface area contributed by atoms with E-state index in [1.165, 1.54) is 6.07 Å². The van der Waals surface area contributed by atoms with Crippen LogP contribution in [0.3, 0.4) is 0 Å². The first-order chi connectivity index (χ1) is 13.6. The van der Waals surface area contributed by atoms with Crippen LogP contribution in [-0.2, 0) is 11.3 Å². The fourth-order valence-electron chi connectivity index (χ4n) is 3.16. The third-order valence-corrected chi connectivity index (χ3v) is 4.61. The Morgan fingerprint density at radius 1 is 1.18 bits per heavy atom. The first-order valence-corrected chi connectivity index (χ1v) is 9.07. The molecule has 1 aliphatic heterocycles. The summed E-state index contributed by atoms with van der Waals surface area (Å²) >= 11 is 0. The van der Waals surface area contributed by atoms with E-state index in [0.717, 1.165) is 24.5 Å². The Balaban J connectivity index is 1.56. The Hall–Kier alpha value is -2.93. The third kappa shape index (κ3) is 3.84. The Morgan fingerprint density at radius 3 is 2.86 bits per heavy atom. The van der Waals surface area contributed by atoms with Gasteiger partial charge in [-0.05, 0) is 36.8 Å². The van der Waals surface area contributed by atoms with Gasteiger partial charge in [-0.2, -0.15) is 5.10 Å². The van der Waals surface area contributed by atoms with Crippen molar-refractivity contribution in [3.05, 3.63) is 65.9 Å². The van der Waals surface area contributed by atoms with Gasteiger partial charge in [0.1, 0.15) is 0 Å². The Morgan fingerprint density at radius 2 is 2.07 bits per heavy atom. The van der Waals surface area contributed by atoms with Crippen molar-refractivity contribution in [2.24, 2.45) is 0 Å². The van der Waals surface area contributed by atoms with E-state index >= 15 is 0 Å². The predicted molar refractivity (Wildman–Crippen MR) is 99.3 cm³/mol. The maximum Gasteiger partial charge on any atom is 0.200 e. The zero-order valence-corrected chi connectivity index (χ0v) is 15.4. The number of nitrogens with zero attached hydrogens (tertiary/aromatic N) is 2. The molecule has 0 bridgehead atoms. The molecular weight excluding hydrogens is 366 g/mol. The van der Waals surface area contributed by atoms with Crippen molar-refractivity contribution in [3.63, 3.8) is 0 Å². The van der Waals surface area contributed by atoms with E-state index in [1.807, 2.05) is 24.3 Å². The molecule has 1 aliphatic rings. The number of halogens is 2. The maximum absolute atomic E-state index is 13.9. The van der Waals surface area contributed by atoms with Gasteiger partial charge in [-0.15, -0.1) is 0 Å². The lowest BCUT2D eigenvalue weighted by molar-refractivity contribution is -0.0402. The van der Waals surface area contributed by atoms with Crippen molar-refractivity contribution in [3.8, 4) is 22.8 Å². The highest BCUT2D eigenvalue weighted by Gasteiger charge is 2.19. The zero-order valence-electron chi connectivity index (χ0n) is 15.4. The second kappa shape index (κ2) is 7.98. The van der Waals surface area contributed by atoms with Gasteiger partial charge >= 0.3 is 0 Å². The lowest BCUT2D eigenvalue weighted by Crippen LogP contribution is -2.14. The van der Waals surface area contributed by atoms with Crippen molar-refractivity contribution >= 4 is 0 Å². The van der Waals surface area contributed by atoms with E-state index in [9.17, 15) is 8.78 Å². The molecule has 5 nitrogen and oxygen atoms in total. The summed E-state index contributed by atoms with van der Waals surface area (Å²) < 4.78 is 45.7. The molecule has 1 saturated heterocycles. The van der Waals surface area contributed by atoms with E-state index in [0.29, 0.717) is 23.8 Å². The van der Waals surface area contributed by atoms with Gasteiger partial charge in [-0.1, -0.05) is 12.1 Å². The number of benzene rings is 2. The summed E-state index contributed by atoms with van der Waals surface area (Å²) in [4.78, 5) is 0. The molecule has 0 N–H and O–H groups in total. The van der Waals surface area contributed by atoms with Gasteiger partial charge in [0, 0.05) is 23.7 Å². The molecule has 2 heterocycles. The summed E-state index contributed by atoms with van der Waals surface area (Å²) in [5, 5.41) is 4.47. The van der Waals surface area contributed by atoms with Crippen LogP contribution in [0.5, 0.6) is 11.5 Å². The molecule has 0 amide bonds. The number of hydrogen-bond donors (Lipinski definition) is 0. The summed E-state index contributed by atoms with van der Waals surface area (Å²) in [6.45, 7) is 0.826. The normalized spacial score (nSPS) is 16.3. The van der Waals surface area contributed by atoms with Gasteiger partial charge in [0.05, 0.1) is 26.0 Å². The molecule has 0 spiro atoms. The van der Waals surface area contributed by atoms with E-state index in [2.05, 4.69) is 5.10 Å². The van der Waals surface area contributed by atoms with Crippen molar-refractivity contribution in [2.45, 2.75) is 25.7 Å². The molecule has 3 aromatic rings. The van der Waals surface area contributed by atoms with Crippen LogP contribution in [0.2, 0.25) is 0 Å². The molecule has 146 valence electrons. The van der Waals surface area contributed by atoms with Crippen LogP contribution in [0.25, 0.3) is 11.3 Å². The largest absolute Gasteiger partial charge is 0.493 e. The van der Waals surface area contributed by atoms with E-state index in [-0.39, 0.29) is 18.4 Å². The van der Waals surface area contributed by atoms with Crippen LogP contribution >= 0.6 is 0 Å². The van der Waals surface area contributed by atoms with Gasteiger partial charge < -0.3 is 14.2 Å². The van der Waals surface area contributed by atoms with Crippen LogP contribution in [-0.4, -0.2) is 29.8 Å². The minimum absolute atomic E-state index is 0.138. The maximum atomic E-state index is 13.9. The minimum atomic E-state index is -0.865. The third-order valence-electron chi connectivity index (χ3n) is 4.61. The first-order valence-electron chi connectivity index (χ1n) is 9.07. The molecule has 0 unspecified atom stereocenters. The van der Waals surface area contributed by atoms with Crippen molar-refractivity contribution < 1.29 is 23.0 Å². The smallest absolute Gasteiger partial charge is 0.200 e. The lowest BCUT2D eigenvalue weighted by atomic mass is 10.1. The summed E-state index contributed by atoms with van der Waals surface area (Å²) in [7, 11) is 1.58. The fraction of sp³-hybridized carbons (Fsp3) is 0.286. The predicted octanol–water partition coefficient (Wildman–Crippen LogP) is 4.40. The van der Waals surface area contributed by atoms with Crippen LogP contribution in [0.15, 0.2) is 48.7 Å². The summed E-state index contributed by atoms with van der Waals surface area (Å²) in [6.07, 6.45) is 3.25. The molecule has 1 aromatic heterocycles. The average Bonchev–Trinajstić information content (AvgIpc) is 3.38. The SMILES string of the molecule is COc1ccc(-c2ccn(Cc3cccc(F)c3F)n2)cc1O[C@@H]1CCCO1. The molecule has 28 heavy (non-hydrogen) atoms. The zero-order chi connectivity index (χ0) is 19.5. The van der Waals surface area contributed by atoms with Crippen molar-refractivity contribution in [1.29, 1.82) is 0 Å². The molecule has 0 saturated carbocycles. The van der Waals surface area contributed by atoms with Crippen LogP contribution < -0.4 is 9.47 Å². The molecule has 1 fully saturated rings. The second-order valence-electron chi connectivity index (χ2n) is 6.54. The monoisotopic (exact) mass is 386 g/mol. The van der Waals surface area contributed by atoms with Crippen molar-refractivity contribution in [2.75, 3.05) is 13.7 Å². The topological polar surface area (TPSA) is 45.5 Å². The highest BCUT2D eigenvalue weighted by Crippen LogP contribution is 2.34. The van der Waals surface area contributed by atoms with Crippen molar-refractivity contribution in [1.82, 2.24) is 9.78 Å². The van der Waals surface area contributed by atoms with Crippen LogP contribution in [0.4, 0.5) is 8.78 Å². The molecule has 7 heteroatoms. The second-order valence-corrected chi connectivity index (χ2v) is 6.54. The highest BCUT2D eigenvalue weighted by molar-refractivity contribution is 5.63. The molecule has 0 aliphatic carbocycles. The Kier molecular flexibility index (Phi) is 5.25. The van der Waals surface area contributed by atoms with Gasteiger partial charge in [-0.25, -0.2) is 8.78 Å². The van der Waals surface area contributed by atoms with E-state index in [4.69, 9.17) is 14.2 Å². The summed E-state index contributed by atoms with van der Waals surface area (Å²) in [5.74, 6) is -0.523. The van der Waals surface area contributed by atoms with Gasteiger partial charge in [0.25, 0.3) is 0 Å². The van der Waals surface area contributed by atoms with E-state index < -0.39 is 11.6 Å². The van der Waals surface area contributed by atoms with Crippen LogP contribution in [0.1, 0.15) is 18.4 Å². The number of aromatic nitrogens is 2. The van der Waals surface area contributed by atoms with Crippen LogP contribution in [0, 0.1) is 11.6 Å². The fourth-order valence-corrected chi connectivity index (χ4v) is 3.16. The molecule has 1 atom stereocenters. The molecular formula is C21H20F2N2O3. The average molecular weight is 386 g/mol. The Labute approximate surface area is 161 Å². The lowest BCUT2D eigenvalue weighted by Gasteiger charge is -2.16. The number of methoxy groups -OCH3 is 1. The number of ether oxygens (including phenoxy) is 3. The minimum Gasteiger partial charge on any atom is -0.493 e. The summed E-state index contributed by atoms with van der Waals surface area (Å²) in [5.41, 5.74) is 1.76. The van der Waals surface area contributed by atoms with Gasteiger partial charge in [0.2, 0.25) is 0 Å².